The number of anilines is 5. The molecule has 2 aliphatic rings. The van der Waals surface area contributed by atoms with Crippen molar-refractivity contribution in [1.82, 2.24) is 0 Å². The van der Waals surface area contributed by atoms with Gasteiger partial charge in [-0.2, -0.15) is 0 Å². The Morgan fingerprint density at radius 1 is 0.614 bits per heavy atom. The summed E-state index contributed by atoms with van der Waals surface area (Å²) in [6.07, 6.45) is -2.35. The summed E-state index contributed by atoms with van der Waals surface area (Å²) in [5.74, 6) is -1.52. The predicted octanol–water partition coefficient (Wildman–Crippen LogP) is 4.71. The van der Waals surface area contributed by atoms with Gasteiger partial charge in [-0.1, -0.05) is 60.7 Å². The molecule has 0 radical (unpaired) electrons. The van der Waals surface area contributed by atoms with Gasteiger partial charge in [-0.3, -0.25) is 0 Å². The summed E-state index contributed by atoms with van der Waals surface area (Å²) < 4.78 is 0. The molecule has 2 atom stereocenters. The van der Waals surface area contributed by atoms with Crippen molar-refractivity contribution >= 4 is 71.5 Å². The van der Waals surface area contributed by atoms with E-state index in [1.54, 1.807) is 0 Å². The molecule has 7 nitrogen and oxygen atoms in total. The zero-order valence-electron chi connectivity index (χ0n) is 25.3. The third-order valence-corrected chi connectivity index (χ3v) is 10.0. The van der Waals surface area contributed by atoms with E-state index in [0.29, 0.717) is 11.4 Å². The van der Waals surface area contributed by atoms with Gasteiger partial charge in [-0.05, 0) is 51.9 Å². The first-order valence-corrected chi connectivity index (χ1v) is 15.1. The molecule has 1 fully saturated rings. The van der Waals surface area contributed by atoms with E-state index < -0.39 is 24.0 Å². The summed E-state index contributed by atoms with van der Waals surface area (Å²) in [4.78, 5) is 6.51. The minimum Gasteiger partial charge on any atom is -0.851 e. The van der Waals surface area contributed by atoms with Gasteiger partial charge in [0.2, 0.25) is 0 Å². The lowest BCUT2D eigenvalue weighted by Gasteiger charge is -2.62. The second-order valence-electron chi connectivity index (χ2n) is 12.7. The maximum Gasteiger partial charge on any atom is 0.0897 e. The number of rotatable bonds is 3. The van der Waals surface area contributed by atoms with Crippen molar-refractivity contribution in [3.63, 3.8) is 0 Å². The number of hydrogen-bond donors (Lipinski definition) is 2. The normalized spacial score (nSPS) is 21.4. The molecule has 2 unspecified atom stereocenters. The second-order valence-corrected chi connectivity index (χ2v) is 12.7. The Hall–Kier alpha value is -4.72. The molecule has 0 bridgehead atoms. The second kappa shape index (κ2) is 9.39. The van der Waals surface area contributed by atoms with Crippen LogP contribution in [0.3, 0.4) is 0 Å². The molecular weight excluding hydrogens is 546 g/mol. The molecule has 1 heterocycles. The molecule has 0 aromatic heterocycles. The van der Waals surface area contributed by atoms with Crippen molar-refractivity contribution in [2.45, 2.75) is 24.0 Å². The number of nitrogen functional groups attached to an aromatic ring is 2. The predicted molar refractivity (Wildman–Crippen MR) is 181 cm³/mol. The van der Waals surface area contributed by atoms with Gasteiger partial charge in [0.15, 0.2) is 0 Å². The number of fused-ring (bicyclic) bond motifs is 4. The Balaban J connectivity index is 1.41. The van der Waals surface area contributed by atoms with Gasteiger partial charge in [0, 0.05) is 77.6 Å². The Kier molecular flexibility index (Phi) is 5.73. The van der Waals surface area contributed by atoms with Gasteiger partial charge in [-0.25, -0.2) is 0 Å². The van der Waals surface area contributed by atoms with Crippen molar-refractivity contribution < 1.29 is 10.2 Å². The summed E-state index contributed by atoms with van der Waals surface area (Å²) in [5.41, 5.74) is 19.3. The zero-order valence-corrected chi connectivity index (χ0v) is 25.3. The molecule has 1 aliphatic heterocycles. The fourth-order valence-corrected chi connectivity index (χ4v) is 8.31. The molecule has 6 aromatic rings. The highest BCUT2D eigenvalue weighted by Crippen LogP contribution is 2.56. The Morgan fingerprint density at radius 3 is 1.80 bits per heavy atom. The maximum absolute atomic E-state index is 14.7. The lowest BCUT2D eigenvalue weighted by Crippen LogP contribution is -2.63. The molecule has 8 rings (SSSR count). The molecule has 222 valence electrons. The minimum absolute atomic E-state index is 0.580. The monoisotopic (exact) mass is 581 g/mol. The van der Waals surface area contributed by atoms with Crippen LogP contribution in [0.25, 0.3) is 43.1 Å². The van der Waals surface area contributed by atoms with Crippen molar-refractivity contribution in [1.29, 1.82) is 0 Å². The lowest BCUT2D eigenvalue weighted by atomic mass is 9.60. The molecule has 0 saturated heterocycles. The molecule has 6 aromatic carbocycles. The fraction of sp³-hybridized carbons (Fsp3) is 0.243. The van der Waals surface area contributed by atoms with Crippen LogP contribution in [0.15, 0.2) is 78.9 Å². The first-order valence-electron chi connectivity index (χ1n) is 15.1. The summed E-state index contributed by atoms with van der Waals surface area (Å²) >= 11 is 0. The number of hydrogen-bond acceptors (Lipinski definition) is 7. The van der Waals surface area contributed by atoms with Crippen LogP contribution in [0.1, 0.15) is 23.0 Å². The Morgan fingerprint density at radius 2 is 1.14 bits per heavy atom. The number of nitrogens with two attached hydrogens (primary N) is 2. The molecule has 44 heavy (non-hydrogen) atoms. The topological polar surface area (TPSA) is 108 Å². The molecular formula is C37H35N5O2-2. The number of nitrogens with zero attached hydrogens (tertiary/aromatic N) is 3. The third-order valence-electron chi connectivity index (χ3n) is 10.0. The van der Waals surface area contributed by atoms with Gasteiger partial charge < -0.3 is 36.4 Å². The highest BCUT2D eigenvalue weighted by Gasteiger charge is 2.43. The Bertz CT molecular complexity index is 2150. The van der Waals surface area contributed by atoms with Crippen LogP contribution in [0.5, 0.6) is 0 Å². The smallest absolute Gasteiger partial charge is 0.0897 e. The van der Waals surface area contributed by atoms with E-state index in [1.807, 2.05) is 68.7 Å². The Labute approximate surface area is 256 Å². The van der Waals surface area contributed by atoms with Crippen LogP contribution in [0.2, 0.25) is 0 Å². The van der Waals surface area contributed by atoms with Crippen LogP contribution in [0, 0.1) is 0 Å². The third kappa shape index (κ3) is 3.39. The molecule has 0 spiro atoms. The van der Waals surface area contributed by atoms with Crippen LogP contribution < -0.4 is 36.4 Å². The molecule has 4 N–H and O–H groups in total. The quantitative estimate of drug-likeness (QED) is 0.230. The van der Waals surface area contributed by atoms with Crippen LogP contribution in [-0.2, 0) is 0 Å². The summed E-state index contributed by atoms with van der Waals surface area (Å²) in [6, 6.07) is 26.0. The summed E-state index contributed by atoms with van der Waals surface area (Å²) in [5, 5.41) is 37.0. The summed E-state index contributed by atoms with van der Waals surface area (Å²) in [7, 11) is 8.17. The van der Waals surface area contributed by atoms with Gasteiger partial charge in [0.1, 0.15) is 0 Å². The molecule has 1 aliphatic carbocycles. The summed E-state index contributed by atoms with van der Waals surface area (Å²) in [6.45, 7) is 0.722. The highest BCUT2D eigenvalue weighted by atomic mass is 16.3. The largest absolute Gasteiger partial charge is 0.851 e. The van der Waals surface area contributed by atoms with E-state index >= 15 is 0 Å². The number of benzene rings is 6. The standard InChI is InChI=1S/C37H35N5O2/c1-40(2)34-20-11-6-5-10-19(20)30(27-22(34)13-7-15-24(27)38)32-36(43)33(37(32)44)31-21-12-9-17-26-29(21)35(42(4)18-41(26)3)23-14-8-16-25(39)28(23)31/h5-17,32-33,36-37H,18,38-39H2,1-4H3/q-2. The van der Waals surface area contributed by atoms with E-state index in [1.165, 1.54) is 0 Å². The SMILES string of the molecule is CN(C)c1c2ccccc2c(C2C([O-])C(c3c4cccc5c4c(c4cccc(N)c34)N(C)CN5C)C2[O-])c2c(N)cccc12. The van der Waals surface area contributed by atoms with Crippen molar-refractivity contribution in [3.05, 3.63) is 90.0 Å². The van der Waals surface area contributed by atoms with Crippen LogP contribution in [0.4, 0.5) is 28.4 Å². The van der Waals surface area contributed by atoms with E-state index in [-0.39, 0.29) is 0 Å². The minimum atomic E-state index is -1.17. The van der Waals surface area contributed by atoms with Crippen molar-refractivity contribution in [3.8, 4) is 0 Å². The van der Waals surface area contributed by atoms with Gasteiger partial charge in [0.05, 0.1) is 18.0 Å². The highest BCUT2D eigenvalue weighted by molar-refractivity contribution is 6.22. The van der Waals surface area contributed by atoms with Gasteiger partial charge >= 0.3 is 0 Å². The van der Waals surface area contributed by atoms with Crippen molar-refractivity contribution in [2.24, 2.45) is 0 Å². The van der Waals surface area contributed by atoms with Crippen LogP contribution >= 0.6 is 0 Å². The van der Waals surface area contributed by atoms with Crippen molar-refractivity contribution in [2.75, 3.05) is 61.0 Å². The zero-order chi connectivity index (χ0) is 30.6. The van der Waals surface area contributed by atoms with Gasteiger partial charge in [-0.15, -0.1) is 12.2 Å². The lowest BCUT2D eigenvalue weighted by molar-refractivity contribution is -0.535. The molecule has 7 heteroatoms. The van der Waals surface area contributed by atoms with Gasteiger partial charge in [0.25, 0.3) is 0 Å². The van der Waals surface area contributed by atoms with E-state index in [2.05, 4.69) is 53.1 Å². The first-order chi connectivity index (χ1) is 21.2. The molecule has 1 saturated carbocycles. The van der Waals surface area contributed by atoms with E-state index in [0.717, 1.165) is 77.9 Å². The van der Waals surface area contributed by atoms with E-state index in [9.17, 15) is 10.2 Å². The fourth-order valence-electron chi connectivity index (χ4n) is 8.31. The van der Waals surface area contributed by atoms with E-state index in [4.69, 9.17) is 11.5 Å². The average molecular weight is 582 g/mol. The molecule has 0 amide bonds. The first kappa shape index (κ1) is 26.9. The maximum atomic E-state index is 14.7. The van der Waals surface area contributed by atoms with Crippen LogP contribution in [-0.4, -0.2) is 47.1 Å². The average Bonchev–Trinajstić information content (AvgIpc) is 3.00.